The van der Waals surface area contributed by atoms with Gasteiger partial charge >= 0.3 is 0 Å². The van der Waals surface area contributed by atoms with Crippen LogP contribution in [0.5, 0.6) is 0 Å². The third kappa shape index (κ3) is 4.65. The summed E-state index contributed by atoms with van der Waals surface area (Å²) in [7, 11) is 0. The van der Waals surface area contributed by atoms with Crippen molar-refractivity contribution in [2.45, 2.75) is 0 Å². The van der Waals surface area contributed by atoms with Gasteiger partial charge in [0.2, 0.25) is 0 Å². The molecule has 11 rings (SSSR count). The van der Waals surface area contributed by atoms with Crippen LogP contribution in [0.3, 0.4) is 0 Å². The number of fused-ring (bicyclic) bond motifs is 9. The number of nitrogens with zero attached hydrogens (tertiary/aromatic N) is 3. The molecule has 2 aromatic heterocycles. The van der Waals surface area contributed by atoms with E-state index in [9.17, 15) is 0 Å². The summed E-state index contributed by atoms with van der Waals surface area (Å²) in [5.41, 5.74) is 16.3. The van der Waals surface area contributed by atoms with Crippen molar-refractivity contribution >= 4 is 49.6 Å². The summed E-state index contributed by atoms with van der Waals surface area (Å²) >= 11 is 0. The number of anilines is 3. The van der Waals surface area contributed by atoms with Gasteiger partial charge in [-0.05, 0) is 105 Å². The van der Waals surface area contributed by atoms with E-state index in [1.54, 1.807) is 0 Å². The summed E-state index contributed by atoms with van der Waals surface area (Å²) in [6.45, 7) is 0. The quantitative estimate of drug-likeness (QED) is 0.180. The summed E-state index contributed by atoms with van der Waals surface area (Å²) in [6, 6.07) is 68.1. The Kier molecular flexibility index (Phi) is 6.86. The smallest absolute Gasteiger partial charge is 0.0547 e. The molecule has 0 N–H and O–H groups in total. The Labute approximate surface area is 313 Å². The second-order valence-electron chi connectivity index (χ2n) is 14.0. The monoisotopic (exact) mass is 687 g/mol. The van der Waals surface area contributed by atoms with Crippen LogP contribution >= 0.6 is 0 Å². The highest BCUT2D eigenvalue weighted by molar-refractivity contribution is 6.23. The molecule has 0 radical (unpaired) electrons. The predicted molar refractivity (Wildman–Crippen MR) is 226 cm³/mol. The Morgan fingerprint density at radius 3 is 1.81 bits per heavy atom. The molecule has 0 unspecified atom stereocenters. The second-order valence-corrected chi connectivity index (χ2v) is 14.0. The van der Waals surface area contributed by atoms with Crippen LogP contribution < -0.4 is 4.90 Å². The van der Waals surface area contributed by atoms with Gasteiger partial charge in [0.1, 0.15) is 0 Å². The van der Waals surface area contributed by atoms with Crippen LogP contribution in [0.15, 0.2) is 200 Å². The van der Waals surface area contributed by atoms with Crippen molar-refractivity contribution in [3.63, 3.8) is 0 Å². The summed E-state index contributed by atoms with van der Waals surface area (Å²) in [5, 5.41) is 4.98. The van der Waals surface area contributed by atoms with Crippen LogP contribution in [-0.4, -0.2) is 9.55 Å². The first-order chi connectivity index (χ1) is 26.8. The lowest BCUT2D eigenvalue weighted by molar-refractivity contribution is 1.17. The van der Waals surface area contributed by atoms with E-state index in [1.165, 1.54) is 54.9 Å². The fourth-order valence-electron chi connectivity index (χ4n) is 8.71. The normalized spacial score (nSPS) is 11.7. The van der Waals surface area contributed by atoms with Gasteiger partial charge in [-0.2, -0.15) is 0 Å². The third-order valence-corrected chi connectivity index (χ3v) is 11.0. The molecule has 0 bridgehead atoms. The summed E-state index contributed by atoms with van der Waals surface area (Å²) in [5.74, 6) is 0. The van der Waals surface area contributed by atoms with Crippen molar-refractivity contribution in [2.24, 2.45) is 0 Å². The second kappa shape index (κ2) is 12.2. The zero-order chi connectivity index (χ0) is 35.6. The van der Waals surface area contributed by atoms with Crippen molar-refractivity contribution in [3.05, 3.63) is 200 Å². The van der Waals surface area contributed by atoms with Crippen molar-refractivity contribution in [1.82, 2.24) is 9.55 Å². The highest BCUT2D eigenvalue weighted by atomic mass is 15.1. The average Bonchev–Trinajstić information content (AvgIpc) is 3.52. The topological polar surface area (TPSA) is 21.1 Å². The lowest BCUT2D eigenvalue weighted by Gasteiger charge is -2.27. The Balaban J connectivity index is 1.25. The maximum atomic E-state index is 4.74. The van der Waals surface area contributed by atoms with Crippen molar-refractivity contribution in [3.8, 4) is 50.2 Å². The first-order valence-corrected chi connectivity index (χ1v) is 18.5. The Morgan fingerprint density at radius 1 is 0.407 bits per heavy atom. The minimum absolute atomic E-state index is 1.08. The number of hydrogen-bond donors (Lipinski definition) is 0. The van der Waals surface area contributed by atoms with E-state index in [-0.39, 0.29) is 0 Å². The van der Waals surface area contributed by atoms with E-state index in [0.29, 0.717) is 0 Å². The average molecular weight is 688 g/mol. The zero-order valence-corrected chi connectivity index (χ0v) is 29.4. The molecule has 0 fully saturated rings. The molecular weight excluding hydrogens is 655 g/mol. The summed E-state index contributed by atoms with van der Waals surface area (Å²) < 4.78 is 2.46. The Hall–Kier alpha value is -7.23. The van der Waals surface area contributed by atoms with Crippen molar-refractivity contribution in [2.75, 3.05) is 4.90 Å². The molecule has 10 aromatic rings. The first kappa shape index (κ1) is 30.4. The fourth-order valence-corrected chi connectivity index (χ4v) is 8.71. The molecule has 54 heavy (non-hydrogen) atoms. The van der Waals surface area contributed by atoms with E-state index < -0.39 is 0 Å². The van der Waals surface area contributed by atoms with Gasteiger partial charge < -0.3 is 9.47 Å². The number of benzene rings is 8. The van der Waals surface area contributed by atoms with E-state index in [2.05, 4.69) is 204 Å². The van der Waals surface area contributed by atoms with Crippen LogP contribution in [0, 0.1) is 0 Å². The molecule has 8 aromatic carbocycles. The molecular formula is C51H33N3. The number of para-hydroxylation sites is 3. The van der Waals surface area contributed by atoms with Crippen LogP contribution in [0.4, 0.5) is 17.1 Å². The predicted octanol–water partition coefficient (Wildman–Crippen LogP) is 13.8. The number of aromatic nitrogens is 2. The number of hydrogen-bond acceptors (Lipinski definition) is 2. The van der Waals surface area contributed by atoms with Gasteiger partial charge in [-0.1, -0.05) is 127 Å². The molecule has 0 amide bonds. The Bertz CT molecular complexity index is 2990. The van der Waals surface area contributed by atoms with Gasteiger partial charge in [-0.15, -0.1) is 0 Å². The minimum atomic E-state index is 1.08. The molecule has 0 saturated heterocycles. The molecule has 0 saturated carbocycles. The fraction of sp³-hybridized carbons (Fsp3) is 0. The molecule has 1 aliphatic carbocycles. The number of pyridine rings is 1. The third-order valence-electron chi connectivity index (χ3n) is 11.0. The molecule has 2 heterocycles. The van der Waals surface area contributed by atoms with Crippen molar-refractivity contribution in [1.29, 1.82) is 0 Å². The van der Waals surface area contributed by atoms with Crippen molar-refractivity contribution < 1.29 is 0 Å². The minimum Gasteiger partial charge on any atom is -0.310 e. The lowest BCUT2D eigenvalue weighted by Crippen LogP contribution is -2.10. The van der Waals surface area contributed by atoms with E-state index in [0.717, 1.165) is 44.9 Å². The van der Waals surface area contributed by atoms with E-state index in [4.69, 9.17) is 4.98 Å². The maximum absolute atomic E-state index is 4.74. The van der Waals surface area contributed by atoms with Crippen LogP contribution in [0.25, 0.3) is 82.8 Å². The summed E-state index contributed by atoms with van der Waals surface area (Å²) in [4.78, 5) is 7.10. The largest absolute Gasteiger partial charge is 0.310 e. The molecule has 252 valence electrons. The highest BCUT2D eigenvalue weighted by Gasteiger charge is 2.26. The number of rotatable bonds is 5. The van der Waals surface area contributed by atoms with Crippen LogP contribution in [0.2, 0.25) is 0 Å². The Morgan fingerprint density at radius 2 is 1.07 bits per heavy atom. The van der Waals surface area contributed by atoms with Gasteiger partial charge in [-0.3, -0.25) is 4.98 Å². The van der Waals surface area contributed by atoms with Gasteiger partial charge in [-0.25, -0.2) is 0 Å². The maximum Gasteiger partial charge on any atom is 0.0547 e. The SMILES string of the molecule is c1ccc(-c2cc(N(c3ccccc3)c3ccccc3)cc(-n3c4ccccc4c4c5c(ccc43)-c3cccc4cccc(c34)-c3ccncc3-5)c2)cc1. The molecule has 0 atom stereocenters. The van der Waals surface area contributed by atoms with Crippen LogP contribution in [-0.2, 0) is 0 Å². The molecule has 0 spiro atoms. The van der Waals surface area contributed by atoms with Gasteiger partial charge in [0, 0.05) is 57.0 Å². The molecule has 3 nitrogen and oxygen atoms in total. The van der Waals surface area contributed by atoms with E-state index in [1.807, 2.05) is 6.20 Å². The van der Waals surface area contributed by atoms with E-state index >= 15 is 0 Å². The molecule has 3 heteroatoms. The van der Waals surface area contributed by atoms with Crippen LogP contribution in [0.1, 0.15) is 0 Å². The summed E-state index contributed by atoms with van der Waals surface area (Å²) in [6.07, 6.45) is 3.99. The van der Waals surface area contributed by atoms with Gasteiger partial charge in [0.15, 0.2) is 0 Å². The molecule has 0 aliphatic heterocycles. The standard InChI is InChI=1S/C51H33N3/c1-4-14-34(15-5-1)36-30-39(53(37-18-6-2-7-19-37)38-20-8-3-9-21-38)32-40(31-36)54-47-25-11-10-22-45(47)51-48(54)27-26-44-43-24-13-17-35-16-12-23-42(49(35)43)41-28-29-52-33-46(41)50(44)51/h1-33H. The first-order valence-electron chi connectivity index (χ1n) is 18.5. The van der Waals surface area contributed by atoms with Gasteiger partial charge in [0.25, 0.3) is 0 Å². The molecule has 1 aliphatic rings. The zero-order valence-electron chi connectivity index (χ0n) is 29.4. The highest BCUT2D eigenvalue weighted by Crippen LogP contribution is 2.52. The lowest BCUT2D eigenvalue weighted by atomic mass is 9.91. The van der Waals surface area contributed by atoms with Gasteiger partial charge in [0.05, 0.1) is 11.0 Å².